The van der Waals surface area contributed by atoms with Gasteiger partial charge in [-0.2, -0.15) is 5.10 Å². The van der Waals surface area contributed by atoms with Gasteiger partial charge in [0, 0.05) is 18.5 Å². The van der Waals surface area contributed by atoms with Crippen LogP contribution in [0.3, 0.4) is 0 Å². The maximum absolute atomic E-state index is 12.2. The van der Waals surface area contributed by atoms with Crippen LogP contribution in [0.2, 0.25) is 0 Å². The van der Waals surface area contributed by atoms with Gasteiger partial charge in [-0.3, -0.25) is 10.1 Å². The molecule has 0 aliphatic carbocycles. The van der Waals surface area contributed by atoms with Crippen molar-refractivity contribution in [2.24, 2.45) is 0 Å². The van der Waals surface area contributed by atoms with E-state index in [2.05, 4.69) is 5.10 Å². The Labute approximate surface area is 153 Å². The molecule has 0 spiro atoms. The number of carbonyl (C=O) groups is 1. The Morgan fingerprint density at radius 1 is 1.27 bits per heavy atom. The van der Waals surface area contributed by atoms with E-state index in [-0.39, 0.29) is 17.9 Å². The summed E-state index contributed by atoms with van der Waals surface area (Å²) in [6.07, 6.45) is 5.27. The fourth-order valence-electron chi connectivity index (χ4n) is 2.36. The second-order valence-electron chi connectivity index (χ2n) is 5.34. The van der Waals surface area contributed by atoms with Crippen LogP contribution in [-0.4, -0.2) is 26.9 Å². The van der Waals surface area contributed by atoms with Gasteiger partial charge in [0.15, 0.2) is 0 Å². The highest BCUT2D eigenvalue weighted by atomic mass is 32.2. The van der Waals surface area contributed by atoms with Crippen LogP contribution < -0.4 is 0 Å². The lowest BCUT2D eigenvalue weighted by molar-refractivity contribution is -0.387. The maximum Gasteiger partial charge on any atom is 0.338 e. The van der Waals surface area contributed by atoms with E-state index in [9.17, 15) is 14.9 Å². The molecule has 26 heavy (non-hydrogen) atoms. The number of nitrogens with zero attached hydrogens (tertiary/aromatic N) is 3. The Balaban J connectivity index is 1.67. The molecule has 1 heterocycles. The van der Waals surface area contributed by atoms with Crippen LogP contribution >= 0.6 is 11.8 Å². The van der Waals surface area contributed by atoms with Crippen LogP contribution in [0.25, 0.3) is 5.69 Å². The summed E-state index contributed by atoms with van der Waals surface area (Å²) in [4.78, 5) is 23.3. The summed E-state index contributed by atoms with van der Waals surface area (Å²) >= 11 is 1.25. The van der Waals surface area contributed by atoms with Crippen molar-refractivity contribution < 1.29 is 14.5 Å². The van der Waals surface area contributed by atoms with Gasteiger partial charge in [0.05, 0.1) is 21.1 Å². The van der Waals surface area contributed by atoms with Gasteiger partial charge in [0.2, 0.25) is 0 Å². The molecule has 0 fully saturated rings. The first-order valence-electron chi connectivity index (χ1n) is 7.67. The van der Waals surface area contributed by atoms with Crippen LogP contribution in [0.4, 0.5) is 5.69 Å². The Morgan fingerprint density at radius 2 is 2.04 bits per heavy atom. The van der Waals surface area contributed by atoms with Gasteiger partial charge >= 0.3 is 5.97 Å². The lowest BCUT2D eigenvalue weighted by Gasteiger charge is -2.07. The Bertz CT molecular complexity index is 924. The van der Waals surface area contributed by atoms with Gasteiger partial charge in [-0.25, -0.2) is 9.48 Å². The predicted molar refractivity (Wildman–Crippen MR) is 97.6 cm³/mol. The summed E-state index contributed by atoms with van der Waals surface area (Å²) in [6.45, 7) is 0.0797. The molecule has 0 amide bonds. The molecule has 0 aliphatic heterocycles. The molecule has 0 saturated carbocycles. The molecule has 0 aliphatic rings. The molecule has 7 nitrogen and oxygen atoms in total. The van der Waals surface area contributed by atoms with Gasteiger partial charge in [0.25, 0.3) is 5.69 Å². The number of nitro groups is 1. The average molecular weight is 369 g/mol. The summed E-state index contributed by atoms with van der Waals surface area (Å²) in [5.74, 6) is -0.600. The van der Waals surface area contributed by atoms with Crippen LogP contribution in [-0.2, 0) is 11.3 Å². The molecule has 0 radical (unpaired) electrons. The number of hydrogen-bond acceptors (Lipinski definition) is 6. The number of carbonyl (C=O) groups excluding carboxylic acids is 1. The lowest BCUT2D eigenvalue weighted by Crippen LogP contribution is -2.06. The average Bonchev–Trinajstić information content (AvgIpc) is 3.20. The molecule has 3 aromatic rings. The van der Waals surface area contributed by atoms with E-state index in [1.54, 1.807) is 23.2 Å². The van der Waals surface area contributed by atoms with Crippen molar-refractivity contribution in [2.45, 2.75) is 11.5 Å². The Kier molecular flexibility index (Phi) is 5.33. The molecule has 3 rings (SSSR count). The minimum atomic E-state index is -0.600. The monoisotopic (exact) mass is 369 g/mol. The third-order valence-electron chi connectivity index (χ3n) is 3.69. The van der Waals surface area contributed by atoms with E-state index in [0.717, 1.165) is 11.3 Å². The van der Waals surface area contributed by atoms with Gasteiger partial charge < -0.3 is 4.74 Å². The Morgan fingerprint density at radius 3 is 2.65 bits per heavy atom. The molecule has 1 aromatic heterocycles. The molecule has 0 unspecified atom stereocenters. The number of aromatic nitrogens is 2. The summed E-state index contributed by atoms with van der Waals surface area (Å²) in [5, 5.41) is 15.2. The first-order valence-corrected chi connectivity index (χ1v) is 8.89. The largest absolute Gasteiger partial charge is 0.457 e. The minimum absolute atomic E-state index is 0.0797. The molecule has 0 atom stereocenters. The van der Waals surface area contributed by atoms with Crippen LogP contribution in [0.5, 0.6) is 0 Å². The third-order valence-corrected chi connectivity index (χ3v) is 4.47. The number of benzene rings is 2. The zero-order valence-electron chi connectivity index (χ0n) is 13.9. The molecular weight excluding hydrogens is 354 g/mol. The van der Waals surface area contributed by atoms with Crippen LogP contribution in [0.1, 0.15) is 15.9 Å². The number of rotatable bonds is 6. The lowest BCUT2D eigenvalue weighted by atomic mass is 10.2. The fourth-order valence-corrected chi connectivity index (χ4v) is 2.91. The SMILES string of the molecule is CSc1ccc(C(=O)OCc2ccc(-n3cccn3)cc2)cc1[N+](=O)[O-]. The van der Waals surface area contributed by atoms with E-state index < -0.39 is 10.9 Å². The highest BCUT2D eigenvalue weighted by Crippen LogP contribution is 2.28. The Hall–Kier alpha value is -3.13. The molecule has 8 heteroatoms. The van der Waals surface area contributed by atoms with Crippen molar-refractivity contribution in [2.75, 3.05) is 6.26 Å². The third kappa shape index (κ3) is 3.92. The number of nitro benzene ring substituents is 1. The van der Waals surface area contributed by atoms with E-state index in [4.69, 9.17) is 4.74 Å². The molecule has 2 aromatic carbocycles. The molecule has 132 valence electrons. The minimum Gasteiger partial charge on any atom is -0.457 e. The van der Waals surface area contributed by atoms with Gasteiger partial charge in [-0.15, -0.1) is 11.8 Å². The van der Waals surface area contributed by atoms with Crippen molar-refractivity contribution in [3.63, 3.8) is 0 Å². The summed E-state index contributed by atoms with van der Waals surface area (Å²) < 4.78 is 6.99. The zero-order chi connectivity index (χ0) is 18.5. The molecule has 0 saturated heterocycles. The second-order valence-corrected chi connectivity index (χ2v) is 6.19. The number of ether oxygens (including phenoxy) is 1. The number of hydrogen-bond donors (Lipinski definition) is 0. The van der Waals surface area contributed by atoms with E-state index in [0.29, 0.717) is 4.90 Å². The quantitative estimate of drug-likeness (QED) is 0.284. The number of thioether (sulfide) groups is 1. The highest BCUT2D eigenvalue weighted by molar-refractivity contribution is 7.98. The van der Waals surface area contributed by atoms with E-state index in [1.165, 1.54) is 23.9 Å². The normalized spacial score (nSPS) is 10.5. The van der Waals surface area contributed by atoms with Crippen molar-refractivity contribution in [1.29, 1.82) is 0 Å². The first-order chi connectivity index (χ1) is 12.6. The maximum atomic E-state index is 12.2. The summed E-state index contributed by atoms with van der Waals surface area (Å²) in [7, 11) is 0. The molecular formula is C18H15N3O4S. The highest BCUT2D eigenvalue weighted by Gasteiger charge is 2.17. The van der Waals surface area contributed by atoms with Crippen molar-refractivity contribution in [1.82, 2.24) is 9.78 Å². The smallest absolute Gasteiger partial charge is 0.338 e. The van der Waals surface area contributed by atoms with Crippen molar-refractivity contribution >= 4 is 23.4 Å². The molecule has 0 bridgehead atoms. The predicted octanol–water partition coefficient (Wildman–Crippen LogP) is 3.86. The number of esters is 1. The second kappa shape index (κ2) is 7.83. The summed E-state index contributed by atoms with van der Waals surface area (Å²) in [6, 6.07) is 13.6. The summed E-state index contributed by atoms with van der Waals surface area (Å²) in [5.41, 5.74) is 1.76. The topological polar surface area (TPSA) is 87.3 Å². The van der Waals surface area contributed by atoms with E-state index in [1.807, 2.05) is 36.5 Å². The van der Waals surface area contributed by atoms with E-state index >= 15 is 0 Å². The standard InChI is InChI=1S/C18H15N3O4S/c1-26-17-8-5-14(11-16(17)21(23)24)18(22)25-12-13-3-6-15(7-4-13)20-10-2-9-19-20/h2-11H,12H2,1H3. The van der Waals surface area contributed by atoms with Crippen LogP contribution in [0.15, 0.2) is 65.8 Å². The van der Waals surface area contributed by atoms with Gasteiger partial charge in [-0.05, 0) is 42.2 Å². The van der Waals surface area contributed by atoms with Crippen molar-refractivity contribution in [3.05, 3.63) is 82.2 Å². The first kappa shape index (κ1) is 17.7. The molecule has 0 N–H and O–H groups in total. The zero-order valence-corrected chi connectivity index (χ0v) is 14.7. The van der Waals surface area contributed by atoms with Gasteiger partial charge in [-0.1, -0.05) is 12.1 Å². The fraction of sp³-hybridized carbons (Fsp3) is 0.111. The van der Waals surface area contributed by atoms with Crippen LogP contribution in [0, 0.1) is 10.1 Å². The van der Waals surface area contributed by atoms with Crippen molar-refractivity contribution in [3.8, 4) is 5.69 Å². The van der Waals surface area contributed by atoms with Gasteiger partial charge in [0.1, 0.15) is 6.61 Å².